The summed E-state index contributed by atoms with van der Waals surface area (Å²) in [5, 5.41) is 0. The molecule has 0 radical (unpaired) electrons. The number of halogens is 1. The number of hydrogen-bond donors (Lipinski definition) is 0. The maximum absolute atomic E-state index is 14.1. The Balaban J connectivity index is 1.89. The highest BCUT2D eigenvalue weighted by Crippen LogP contribution is 2.73. The molecule has 2 saturated carbocycles. The molecule has 3 atom stereocenters. The Hall–Kier alpha value is -0.110. The third-order valence-electron chi connectivity index (χ3n) is 5.44. The molecule has 2 heteroatoms. The van der Waals surface area contributed by atoms with Crippen molar-refractivity contribution in [1.82, 2.24) is 4.90 Å². The van der Waals surface area contributed by atoms with Crippen LogP contribution in [-0.2, 0) is 0 Å². The molecular formula is C15H24FN. The smallest absolute Gasteiger partial charge is 0.108 e. The van der Waals surface area contributed by atoms with Crippen LogP contribution >= 0.6 is 0 Å². The SMILES string of the molecule is [2H]C1([2H])N2CCC3(CC3)[C@@]2(C([2H])([2H])C(C)C)C[C@@]12C[C@@H]2F. The molecule has 2 spiro atoms. The first-order valence-corrected chi connectivity index (χ1v) is 6.99. The van der Waals surface area contributed by atoms with Crippen molar-refractivity contribution in [3.8, 4) is 0 Å². The Morgan fingerprint density at radius 1 is 1.47 bits per heavy atom. The standard InChI is InChI=1S/C15H24FN/c1-11(2)7-15-9-13(8-12(13)16)10-17(15)6-5-14(15)3-4-14/h11-12H,3-10H2,1-2H3/t12-,13-,15+/m0/s1/i7D2,10D2. The number of rotatable bonds is 2. The van der Waals surface area contributed by atoms with E-state index in [2.05, 4.69) is 0 Å². The highest BCUT2D eigenvalue weighted by atomic mass is 19.1. The van der Waals surface area contributed by atoms with Crippen LogP contribution in [-0.4, -0.2) is 29.7 Å². The lowest BCUT2D eigenvalue weighted by atomic mass is 9.72. The third-order valence-corrected chi connectivity index (χ3v) is 5.44. The zero-order valence-corrected chi connectivity index (χ0v) is 10.7. The van der Waals surface area contributed by atoms with Crippen molar-refractivity contribution in [2.75, 3.05) is 13.0 Å². The van der Waals surface area contributed by atoms with Gasteiger partial charge in [0.1, 0.15) is 6.17 Å². The Labute approximate surface area is 109 Å². The van der Waals surface area contributed by atoms with Crippen molar-refractivity contribution in [2.45, 2.75) is 64.0 Å². The van der Waals surface area contributed by atoms with E-state index in [1.165, 1.54) is 0 Å². The molecule has 0 bridgehead atoms. The molecule has 4 aliphatic rings. The van der Waals surface area contributed by atoms with Crippen molar-refractivity contribution in [3.63, 3.8) is 0 Å². The van der Waals surface area contributed by atoms with Crippen LogP contribution in [0.2, 0.25) is 0 Å². The summed E-state index contributed by atoms with van der Waals surface area (Å²) in [6, 6.07) is 0. The summed E-state index contributed by atoms with van der Waals surface area (Å²) in [6.45, 7) is 2.62. The largest absolute Gasteiger partial charge is 0.296 e. The van der Waals surface area contributed by atoms with E-state index in [1.54, 1.807) is 4.90 Å². The quantitative estimate of drug-likeness (QED) is 0.716. The second kappa shape index (κ2) is 2.89. The Bertz CT molecular complexity index is 504. The van der Waals surface area contributed by atoms with Gasteiger partial charge in [0.25, 0.3) is 0 Å². The van der Waals surface area contributed by atoms with Crippen molar-refractivity contribution in [2.24, 2.45) is 16.7 Å². The Kier molecular flexibility index (Phi) is 1.27. The molecule has 0 N–H and O–H groups in total. The Morgan fingerprint density at radius 2 is 2.18 bits per heavy atom. The zero-order chi connectivity index (χ0) is 15.5. The number of fused-ring (bicyclic) bond motifs is 2. The number of alkyl halides is 1. The zero-order valence-electron chi connectivity index (χ0n) is 14.7. The first-order valence-electron chi connectivity index (χ1n) is 8.99. The first kappa shape index (κ1) is 7.47. The predicted molar refractivity (Wildman–Crippen MR) is 66.6 cm³/mol. The van der Waals surface area contributed by atoms with Crippen molar-refractivity contribution in [1.29, 1.82) is 0 Å². The summed E-state index contributed by atoms with van der Waals surface area (Å²) in [4.78, 5) is 1.76. The molecule has 0 unspecified atom stereocenters. The summed E-state index contributed by atoms with van der Waals surface area (Å²) in [5.41, 5.74) is -1.87. The fraction of sp³-hybridized carbons (Fsp3) is 1.00. The molecule has 4 fully saturated rings. The van der Waals surface area contributed by atoms with Gasteiger partial charge in [-0.15, -0.1) is 0 Å². The van der Waals surface area contributed by atoms with E-state index < -0.39 is 30.0 Å². The van der Waals surface area contributed by atoms with Crippen LogP contribution in [0, 0.1) is 16.7 Å². The molecule has 0 aromatic carbocycles. The normalized spacial score (nSPS) is 57.8. The van der Waals surface area contributed by atoms with Gasteiger partial charge in [0.15, 0.2) is 0 Å². The summed E-state index contributed by atoms with van der Waals surface area (Å²) >= 11 is 0. The van der Waals surface area contributed by atoms with Crippen molar-refractivity contribution >= 4 is 0 Å². The van der Waals surface area contributed by atoms with Crippen LogP contribution in [0.25, 0.3) is 0 Å². The van der Waals surface area contributed by atoms with Crippen LogP contribution < -0.4 is 0 Å². The van der Waals surface area contributed by atoms with Gasteiger partial charge < -0.3 is 0 Å². The van der Waals surface area contributed by atoms with Crippen molar-refractivity contribution < 1.29 is 9.87 Å². The van der Waals surface area contributed by atoms with E-state index in [-0.39, 0.29) is 17.8 Å². The van der Waals surface area contributed by atoms with E-state index in [0.717, 1.165) is 19.3 Å². The summed E-state index contributed by atoms with van der Waals surface area (Å²) in [6.07, 6.45) is 0.846. The Morgan fingerprint density at radius 3 is 2.71 bits per heavy atom. The van der Waals surface area contributed by atoms with Crippen LogP contribution in [0.5, 0.6) is 0 Å². The first-order chi connectivity index (χ1) is 9.57. The van der Waals surface area contributed by atoms with E-state index >= 15 is 0 Å². The highest BCUT2D eigenvalue weighted by Gasteiger charge is 2.74. The minimum Gasteiger partial charge on any atom is -0.296 e. The monoisotopic (exact) mass is 241 g/mol. The molecule has 2 heterocycles. The van der Waals surface area contributed by atoms with Gasteiger partial charge in [-0.1, -0.05) is 13.8 Å². The molecule has 0 aromatic heterocycles. The maximum atomic E-state index is 14.1. The van der Waals surface area contributed by atoms with Gasteiger partial charge in [-0.25, -0.2) is 4.39 Å². The molecule has 2 aliphatic heterocycles. The lowest BCUT2D eigenvalue weighted by molar-refractivity contribution is 0.107. The predicted octanol–water partition coefficient (Wildman–Crippen LogP) is 3.39. The summed E-state index contributed by atoms with van der Waals surface area (Å²) in [7, 11) is 0. The topological polar surface area (TPSA) is 3.24 Å². The van der Waals surface area contributed by atoms with Crippen LogP contribution in [0.1, 0.15) is 57.8 Å². The van der Waals surface area contributed by atoms with E-state index in [0.29, 0.717) is 13.0 Å². The molecule has 0 amide bonds. The molecular weight excluding hydrogens is 213 g/mol. The van der Waals surface area contributed by atoms with E-state index in [4.69, 9.17) is 5.48 Å². The lowest BCUT2D eigenvalue weighted by Crippen LogP contribution is -2.45. The third kappa shape index (κ3) is 1.18. The van der Waals surface area contributed by atoms with Crippen LogP contribution in [0.4, 0.5) is 4.39 Å². The van der Waals surface area contributed by atoms with Crippen LogP contribution in [0.3, 0.4) is 0 Å². The van der Waals surface area contributed by atoms with Gasteiger partial charge in [0.05, 0.1) is 0 Å². The van der Waals surface area contributed by atoms with Crippen molar-refractivity contribution in [3.05, 3.63) is 0 Å². The molecule has 1 nitrogen and oxygen atoms in total. The average Bonchev–Trinajstić information content (AvgIpc) is 3.20. The van der Waals surface area contributed by atoms with E-state index in [1.807, 2.05) is 13.8 Å². The molecule has 4 rings (SSSR count). The van der Waals surface area contributed by atoms with E-state index in [9.17, 15) is 4.39 Å². The van der Waals surface area contributed by atoms with Gasteiger partial charge in [0.2, 0.25) is 0 Å². The van der Waals surface area contributed by atoms with Gasteiger partial charge in [-0.3, -0.25) is 4.90 Å². The second-order valence-corrected chi connectivity index (χ2v) is 6.96. The maximum Gasteiger partial charge on any atom is 0.108 e. The fourth-order valence-electron chi connectivity index (χ4n) is 4.34. The van der Waals surface area contributed by atoms with Gasteiger partial charge in [0, 0.05) is 22.9 Å². The highest BCUT2D eigenvalue weighted by molar-refractivity contribution is 5.27. The van der Waals surface area contributed by atoms with Gasteiger partial charge in [-0.2, -0.15) is 0 Å². The molecule has 2 saturated heterocycles. The molecule has 17 heavy (non-hydrogen) atoms. The number of hydrogen-bond acceptors (Lipinski definition) is 1. The fourth-order valence-corrected chi connectivity index (χ4v) is 4.34. The summed E-state index contributed by atoms with van der Waals surface area (Å²) in [5.74, 6) is -0.196. The molecule has 0 aromatic rings. The molecule has 96 valence electrons. The van der Waals surface area contributed by atoms with Crippen LogP contribution in [0.15, 0.2) is 0 Å². The second-order valence-electron chi connectivity index (χ2n) is 6.96. The molecule has 2 aliphatic carbocycles. The average molecular weight is 241 g/mol. The minimum absolute atomic E-state index is 0.111. The van der Waals surface area contributed by atoms with Gasteiger partial charge >= 0.3 is 0 Å². The summed E-state index contributed by atoms with van der Waals surface area (Å²) < 4.78 is 48.8. The minimum atomic E-state index is -1.71. The van der Waals surface area contributed by atoms with Gasteiger partial charge in [-0.05, 0) is 56.4 Å². The lowest BCUT2D eigenvalue weighted by Gasteiger charge is -2.39. The number of nitrogens with zero attached hydrogens (tertiary/aromatic N) is 1.